The molecule has 0 saturated heterocycles. The smallest absolute Gasteiger partial charge is 0.247 e. The van der Waals surface area contributed by atoms with E-state index in [1.54, 1.807) is 6.92 Å². The van der Waals surface area contributed by atoms with Crippen LogP contribution in [0.3, 0.4) is 0 Å². The van der Waals surface area contributed by atoms with Gasteiger partial charge < -0.3 is 19.0 Å². The summed E-state index contributed by atoms with van der Waals surface area (Å²) in [7, 11) is 0. The normalized spacial score (nSPS) is 20.1. The zero-order chi connectivity index (χ0) is 17.5. The second kappa shape index (κ2) is 5.93. The summed E-state index contributed by atoms with van der Waals surface area (Å²) >= 11 is 0. The van der Waals surface area contributed by atoms with Gasteiger partial charge in [0.2, 0.25) is 23.6 Å². The molecular formula is C16H24N4O4. The molecule has 0 amide bonds. The third-order valence-electron chi connectivity index (χ3n) is 4.44. The molecule has 24 heavy (non-hydrogen) atoms. The van der Waals surface area contributed by atoms with E-state index in [2.05, 4.69) is 20.4 Å². The van der Waals surface area contributed by atoms with E-state index >= 15 is 0 Å². The van der Waals surface area contributed by atoms with Crippen molar-refractivity contribution >= 4 is 0 Å². The molecule has 132 valence electrons. The standard InChI is InChI=1S/C16H24N4O4/c1-9(2)11-17-19-13(23-11)15(4,21)6-5-10(3)12-18-20-14(24-12)16(22)7-8-16/h9-10,21-22H,5-8H2,1-4H3. The van der Waals surface area contributed by atoms with E-state index in [0.717, 1.165) is 0 Å². The first-order valence-corrected chi connectivity index (χ1v) is 8.34. The van der Waals surface area contributed by atoms with Gasteiger partial charge in [-0.3, -0.25) is 0 Å². The lowest BCUT2D eigenvalue weighted by Crippen LogP contribution is -2.22. The highest BCUT2D eigenvalue weighted by Crippen LogP contribution is 2.45. The molecule has 1 aliphatic carbocycles. The molecule has 1 fully saturated rings. The molecule has 8 nitrogen and oxygen atoms in total. The summed E-state index contributed by atoms with van der Waals surface area (Å²) in [5.74, 6) is 1.55. The van der Waals surface area contributed by atoms with Gasteiger partial charge in [0.25, 0.3) is 0 Å². The lowest BCUT2D eigenvalue weighted by molar-refractivity contribution is 0.0146. The fourth-order valence-electron chi connectivity index (χ4n) is 2.37. The van der Waals surface area contributed by atoms with Crippen LogP contribution in [0.25, 0.3) is 0 Å². The second-order valence-electron chi connectivity index (χ2n) is 7.29. The van der Waals surface area contributed by atoms with Crippen LogP contribution in [0.15, 0.2) is 8.83 Å². The van der Waals surface area contributed by atoms with Crippen LogP contribution in [0.1, 0.15) is 88.8 Å². The van der Waals surface area contributed by atoms with Crippen molar-refractivity contribution in [2.24, 2.45) is 0 Å². The fraction of sp³-hybridized carbons (Fsp3) is 0.750. The van der Waals surface area contributed by atoms with E-state index in [-0.39, 0.29) is 23.6 Å². The van der Waals surface area contributed by atoms with Crippen LogP contribution in [0.2, 0.25) is 0 Å². The van der Waals surface area contributed by atoms with Crippen molar-refractivity contribution < 1.29 is 19.0 Å². The second-order valence-corrected chi connectivity index (χ2v) is 7.29. The number of rotatable bonds is 7. The van der Waals surface area contributed by atoms with E-state index < -0.39 is 11.2 Å². The van der Waals surface area contributed by atoms with Crippen molar-refractivity contribution in [3.8, 4) is 0 Å². The van der Waals surface area contributed by atoms with Gasteiger partial charge in [0.15, 0.2) is 0 Å². The third kappa shape index (κ3) is 3.34. The predicted octanol–water partition coefficient (Wildman–Crippen LogP) is 2.35. The van der Waals surface area contributed by atoms with Crippen molar-refractivity contribution in [1.82, 2.24) is 20.4 Å². The first kappa shape index (κ1) is 17.0. The van der Waals surface area contributed by atoms with Gasteiger partial charge in [-0.15, -0.1) is 20.4 Å². The zero-order valence-electron chi connectivity index (χ0n) is 14.5. The van der Waals surface area contributed by atoms with Crippen LogP contribution < -0.4 is 0 Å². The summed E-state index contributed by atoms with van der Waals surface area (Å²) in [6, 6.07) is 0. The number of aromatic nitrogens is 4. The van der Waals surface area contributed by atoms with Crippen LogP contribution in [-0.4, -0.2) is 30.6 Å². The monoisotopic (exact) mass is 336 g/mol. The summed E-state index contributed by atoms with van der Waals surface area (Å²) in [6.07, 6.45) is 2.34. The number of nitrogens with zero attached hydrogens (tertiary/aromatic N) is 4. The minimum absolute atomic E-state index is 0.0486. The van der Waals surface area contributed by atoms with Crippen molar-refractivity contribution in [2.75, 3.05) is 0 Å². The maximum absolute atomic E-state index is 10.6. The maximum atomic E-state index is 10.6. The number of aliphatic hydroxyl groups is 2. The number of hydrogen-bond acceptors (Lipinski definition) is 8. The molecule has 8 heteroatoms. The molecule has 0 bridgehead atoms. The average Bonchev–Trinajstić information content (AvgIpc) is 3.02. The van der Waals surface area contributed by atoms with E-state index in [1.165, 1.54) is 0 Å². The molecule has 2 aromatic heterocycles. The molecule has 3 rings (SSSR count). The van der Waals surface area contributed by atoms with Crippen molar-refractivity contribution in [3.63, 3.8) is 0 Å². The summed E-state index contributed by atoms with van der Waals surface area (Å²) in [5.41, 5.74) is -2.14. The van der Waals surface area contributed by atoms with Gasteiger partial charge in [-0.1, -0.05) is 20.8 Å². The first-order chi connectivity index (χ1) is 11.2. The molecule has 2 aromatic rings. The molecule has 0 aromatic carbocycles. The van der Waals surface area contributed by atoms with Gasteiger partial charge in [0.1, 0.15) is 11.2 Å². The van der Waals surface area contributed by atoms with Gasteiger partial charge in [0.05, 0.1) is 0 Å². The number of hydrogen-bond donors (Lipinski definition) is 2. The predicted molar refractivity (Wildman–Crippen MR) is 83.0 cm³/mol. The lowest BCUT2D eigenvalue weighted by Gasteiger charge is -2.20. The molecule has 1 saturated carbocycles. The summed E-state index contributed by atoms with van der Waals surface area (Å²) < 4.78 is 11.1. The molecule has 2 N–H and O–H groups in total. The molecule has 2 heterocycles. The Morgan fingerprint density at radius 2 is 1.75 bits per heavy atom. The Balaban J connectivity index is 1.61. The van der Waals surface area contributed by atoms with Crippen LogP contribution in [0, 0.1) is 0 Å². The quantitative estimate of drug-likeness (QED) is 0.791. The Bertz CT molecular complexity index is 703. The van der Waals surface area contributed by atoms with Crippen molar-refractivity contribution in [1.29, 1.82) is 0 Å². The van der Waals surface area contributed by atoms with Crippen molar-refractivity contribution in [2.45, 2.75) is 76.4 Å². The molecule has 2 unspecified atom stereocenters. The molecule has 1 aliphatic rings. The Kier molecular flexibility index (Phi) is 4.21. The summed E-state index contributed by atoms with van der Waals surface area (Å²) in [5, 5.41) is 36.5. The minimum atomic E-state index is -1.22. The summed E-state index contributed by atoms with van der Waals surface area (Å²) in [4.78, 5) is 0. The van der Waals surface area contributed by atoms with E-state index in [9.17, 15) is 10.2 Å². The van der Waals surface area contributed by atoms with Gasteiger partial charge in [-0.2, -0.15) is 0 Å². The third-order valence-corrected chi connectivity index (χ3v) is 4.44. The Morgan fingerprint density at radius 3 is 2.33 bits per heavy atom. The molecular weight excluding hydrogens is 312 g/mol. The van der Waals surface area contributed by atoms with Crippen LogP contribution in [0.4, 0.5) is 0 Å². The lowest BCUT2D eigenvalue weighted by atomic mass is 9.94. The minimum Gasteiger partial charge on any atom is -0.422 e. The molecule has 0 aliphatic heterocycles. The molecule has 0 spiro atoms. The highest BCUT2D eigenvalue weighted by Gasteiger charge is 2.47. The largest absolute Gasteiger partial charge is 0.422 e. The Hall–Kier alpha value is -1.80. The Morgan fingerprint density at radius 1 is 1.08 bits per heavy atom. The fourth-order valence-corrected chi connectivity index (χ4v) is 2.37. The average molecular weight is 336 g/mol. The van der Waals surface area contributed by atoms with Gasteiger partial charge in [-0.25, -0.2) is 0 Å². The molecule has 2 atom stereocenters. The summed E-state index contributed by atoms with van der Waals surface area (Å²) in [6.45, 7) is 7.51. The van der Waals surface area contributed by atoms with E-state index in [1.807, 2.05) is 20.8 Å². The van der Waals surface area contributed by atoms with Crippen LogP contribution in [-0.2, 0) is 11.2 Å². The van der Waals surface area contributed by atoms with E-state index in [0.29, 0.717) is 37.5 Å². The van der Waals surface area contributed by atoms with Crippen molar-refractivity contribution in [3.05, 3.63) is 23.6 Å². The molecule has 0 radical (unpaired) electrons. The highest BCUT2D eigenvalue weighted by atomic mass is 16.4. The van der Waals surface area contributed by atoms with Crippen LogP contribution in [0.5, 0.6) is 0 Å². The van der Waals surface area contributed by atoms with Gasteiger partial charge in [0, 0.05) is 11.8 Å². The van der Waals surface area contributed by atoms with Gasteiger partial charge in [-0.05, 0) is 32.6 Å². The van der Waals surface area contributed by atoms with E-state index in [4.69, 9.17) is 8.83 Å². The maximum Gasteiger partial charge on any atom is 0.247 e. The highest BCUT2D eigenvalue weighted by molar-refractivity contribution is 5.08. The topological polar surface area (TPSA) is 118 Å². The van der Waals surface area contributed by atoms with Crippen LogP contribution >= 0.6 is 0 Å². The SMILES string of the molecule is CC(C)c1nnc(C(C)(O)CCC(C)c2nnc(C3(O)CC3)o2)o1. The Labute approximate surface area is 140 Å². The van der Waals surface area contributed by atoms with Gasteiger partial charge >= 0.3 is 0 Å². The first-order valence-electron chi connectivity index (χ1n) is 8.34. The zero-order valence-corrected chi connectivity index (χ0v) is 14.5.